The molecule has 3 N–H and O–H groups in total. The van der Waals surface area contributed by atoms with Gasteiger partial charge in [-0.3, -0.25) is 14.0 Å². The van der Waals surface area contributed by atoms with E-state index in [1.807, 2.05) is 34.7 Å². The summed E-state index contributed by atoms with van der Waals surface area (Å²) < 4.78 is 39.1. The molecule has 1 atom stereocenters. The first-order valence-electron chi connectivity index (χ1n) is 14.6. The number of fused-ring (bicyclic) bond motifs is 1. The number of carbonyl (C=O) groups is 1. The highest BCUT2D eigenvalue weighted by Gasteiger charge is 2.30. The lowest BCUT2D eigenvalue weighted by Gasteiger charge is -2.25. The highest BCUT2D eigenvalue weighted by molar-refractivity contribution is 5.94. The van der Waals surface area contributed by atoms with E-state index in [0.717, 1.165) is 49.1 Å². The molecule has 1 aromatic carbocycles. The maximum absolute atomic E-state index is 15.2. The molecule has 0 spiro atoms. The van der Waals surface area contributed by atoms with E-state index in [1.54, 1.807) is 21.6 Å². The number of halogens is 2. The molecule has 42 heavy (non-hydrogen) atoms. The van der Waals surface area contributed by atoms with Crippen molar-refractivity contribution in [1.29, 1.82) is 0 Å². The second kappa shape index (κ2) is 12.0. The summed E-state index contributed by atoms with van der Waals surface area (Å²) in [6.45, 7) is 9.48. The molecule has 3 aromatic rings. The summed E-state index contributed by atoms with van der Waals surface area (Å²) in [5.74, 6) is -1.72. The molecule has 0 radical (unpaired) electrons. The normalized spacial score (nSPS) is 16.6. The Morgan fingerprint density at radius 3 is 2.69 bits per heavy atom. The van der Waals surface area contributed by atoms with Crippen LogP contribution in [0.3, 0.4) is 0 Å². The molecule has 4 heterocycles. The summed E-state index contributed by atoms with van der Waals surface area (Å²) in [7, 11) is 1.81. The second-order valence-electron chi connectivity index (χ2n) is 12.3. The lowest BCUT2D eigenvalue weighted by Crippen LogP contribution is -2.43. The molecule has 2 aliphatic rings. The van der Waals surface area contributed by atoms with Crippen LogP contribution in [0.25, 0.3) is 11.8 Å². The second-order valence-corrected chi connectivity index (χ2v) is 12.3. The predicted octanol–water partition coefficient (Wildman–Crippen LogP) is 4.33. The molecular formula is C31H40F2N6O3. The average molecular weight is 583 g/mol. The molecule has 0 bridgehead atoms. The van der Waals surface area contributed by atoms with Crippen molar-refractivity contribution in [2.24, 2.45) is 12.5 Å². The quantitative estimate of drug-likeness (QED) is 0.365. The van der Waals surface area contributed by atoms with Crippen molar-refractivity contribution < 1.29 is 23.4 Å². The first kappa shape index (κ1) is 29.9. The van der Waals surface area contributed by atoms with Crippen LogP contribution in [-0.2, 0) is 19.9 Å². The van der Waals surface area contributed by atoms with Crippen molar-refractivity contribution in [2.45, 2.75) is 71.9 Å². The molecule has 2 aromatic heterocycles. The number of ether oxygens (including phenoxy) is 1. The van der Waals surface area contributed by atoms with Crippen molar-refractivity contribution in [2.75, 3.05) is 19.7 Å². The van der Waals surface area contributed by atoms with E-state index in [0.29, 0.717) is 41.8 Å². The Hall–Kier alpha value is -3.57. The van der Waals surface area contributed by atoms with Crippen molar-refractivity contribution >= 4 is 17.7 Å². The van der Waals surface area contributed by atoms with Gasteiger partial charge >= 0.3 is 0 Å². The van der Waals surface area contributed by atoms with Gasteiger partial charge in [-0.25, -0.2) is 9.37 Å². The molecule has 2 aliphatic heterocycles. The number of aromatic nitrogens is 4. The molecule has 5 rings (SSSR count). The summed E-state index contributed by atoms with van der Waals surface area (Å²) in [6, 6.07) is 2.70. The Kier molecular flexibility index (Phi) is 8.52. The fourth-order valence-electron chi connectivity index (χ4n) is 5.59. The van der Waals surface area contributed by atoms with Crippen molar-refractivity contribution in [3.05, 3.63) is 64.0 Å². The number of imidazole rings is 1. The summed E-state index contributed by atoms with van der Waals surface area (Å²) in [5, 5.41) is 21.8. The van der Waals surface area contributed by atoms with Crippen molar-refractivity contribution in [1.82, 2.24) is 30.0 Å². The van der Waals surface area contributed by atoms with E-state index in [1.165, 1.54) is 6.07 Å². The van der Waals surface area contributed by atoms with Gasteiger partial charge < -0.3 is 20.5 Å². The number of aryl methyl sites for hydroxylation is 2. The predicted molar refractivity (Wildman–Crippen MR) is 156 cm³/mol. The van der Waals surface area contributed by atoms with Crippen LogP contribution in [0.5, 0.6) is 5.75 Å². The first-order chi connectivity index (χ1) is 20.0. The number of aliphatic hydroxyl groups excluding tert-OH is 1. The molecule has 1 amide bonds. The van der Waals surface area contributed by atoms with Crippen molar-refractivity contribution in [3.63, 3.8) is 0 Å². The molecule has 1 unspecified atom stereocenters. The van der Waals surface area contributed by atoms with Crippen LogP contribution in [0, 0.1) is 24.0 Å². The van der Waals surface area contributed by atoms with Crippen LogP contribution in [0.4, 0.5) is 8.78 Å². The van der Waals surface area contributed by atoms with Gasteiger partial charge in [0, 0.05) is 49.0 Å². The number of piperidine rings is 1. The minimum absolute atomic E-state index is 0.0529. The molecule has 0 aliphatic carbocycles. The maximum atomic E-state index is 15.2. The number of amides is 1. The Bertz CT molecular complexity index is 1500. The highest BCUT2D eigenvalue weighted by atomic mass is 19.2. The Morgan fingerprint density at radius 2 is 1.98 bits per heavy atom. The largest absolute Gasteiger partial charge is 0.489 e. The van der Waals surface area contributed by atoms with Gasteiger partial charge in [-0.1, -0.05) is 20.8 Å². The lowest BCUT2D eigenvalue weighted by molar-refractivity contribution is 0.0575. The molecule has 0 saturated carbocycles. The zero-order chi connectivity index (χ0) is 30.2. The van der Waals surface area contributed by atoms with Crippen LogP contribution >= 0.6 is 0 Å². The van der Waals surface area contributed by atoms with E-state index in [9.17, 15) is 14.3 Å². The van der Waals surface area contributed by atoms with Gasteiger partial charge in [-0.05, 0) is 62.4 Å². The first-order valence-corrected chi connectivity index (χ1v) is 14.6. The zero-order valence-electron chi connectivity index (χ0n) is 24.9. The van der Waals surface area contributed by atoms with Gasteiger partial charge in [0.1, 0.15) is 17.6 Å². The van der Waals surface area contributed by atoms with Gasteiger partial charge in [-0.15, -0.1) is 0 Å². The summed E-state index contributed by atoms with van der Waals surface area (Å²) >= 11 is 0. The third-order valence-corrected chi connectivity index (χ3v) is 8.25. The van der Waals surface area contributed by atoms with E-state index in [2.05, 4.69) is 20.7 Å². The summed E-state index contributed by atoms with van der Waals surface area (Å²) in [5.41, 5.74) is 3.37. The number of rotatable bonds is 8. The Balaban J connectivity index is 1.39. The van der Waals surface area contributed by atoms with Gasteiger partial charge in [0.15, 0.2) is 11.6 Å². The van der Waals surface area contributed by atoms with Gasteiger partial charge in [0.05, 0.1) is 18.5 Å². The van der Waals surface area contributed by atoms with Crippen LogP contribution in [-0.4, -0.2) is 56.1 Å². The van der Waals surface area contributed by atoms with E-state index in [4.69, 9.17) is 4.74 Å². The molecule has 11 heteroatoms. The number of carbonyl (C=O) groups excluding carboxylic acids is 1. The molecule has 226 valence electrons. The maximum Gasteiger partial charge on any atom is 0.270 e. The van der Waals surface area contributed by atoms with Gasteiger partial charge in [-0.2, -0.15) is 9.49 Å². The van der Waals surface area contributed by atoms with Crippen LogP contribution < -0.4 is 15.4 Å². The fraction of sp³-hybridized carbons (Fsp3) is 0.516. The third-order valence-electron chi connectivity index (χ3n) is 8.25. The van der Waals surface area contributed by atoms with Crippen LogP contribution in [0.15, 0.2) is 18.3 Å². The number of hydrogen-bond acceptors (Lipinski definition) is 6. The minimum Gasteiger partial charge on any atom is -0.489 e. The highest BCUT2D eigenvalue weighted by Crippen LogP contribution is 2.37. The van der Waals surface area contributed by atoms with Crippen LogP contribution in [0.2, 0.25) is 0 Å². The monoisotopic (exact) mass is 582 g/mol. The number of benzene rings is 1. The Labute approximate surface area is 245 Å². The standard InChI is InChI=1S/C31H40F2N6O3/c1-18-21(27(37-38(18)5)29(40)31(2,3)4)12-15-42-28-22(7-8-23(32)26(28)33)19-6-9-25-35-16-24(39(25)17-19)30(41)36-20-10-13-34-14-11-20/h7-8,16-17,20,29,34,40H,6,9-15H2,1-5H3,(H,36,41). The average Bonchev–Trinajstić information content (AvgIpc) is 3.51. The summed E-state index contributed by atoms with van der Waals surface area (Å²) in [4.78, 5) is 17.6. The minimum atomic E-state index is -1.06. The fourth-order valence-corrected chi connectivity index (χ4v) is 5.59. The zero-order valence-corrected chi connectivity index (χ0v) is 24.9. The van der Waals surface area contributed by atoms with Crippen LogP contribution in [0.1, 0.15) is 85.0 Å². The van der Waals surface area contributed by atoms with Gasteiger partial charge in [0.2, 0.25) is 5.82 Å². The molecular weight excluding hydrogens is 542 g/mol. The van der Waals surface area contributed by atoms with Crippen molar-refractivity contribution in [3.8, 4) is 5.75 Å². The molecule has 1 saturated heterocycles. The number of nitrogens with zero attached hydrogens (tertiary/aromatic N) is 4. The molecule has 1 fully saturated rings. The van der Waals surface area contributed by atoms with E-state index >= 15 is 4.39 Å². The summed E-state index contributed by atoms with van der Waals surface area (Å²) in [6.07, 6.45) is 5.66. The topological polar surface area (TPSA) is 106 Å². The lowest BCUT2D eigenvalue weighted by atomic mass is 9.85. The number of allylic oxidation sites excluding steroid dienone is 1. The smallest absolute Gasteiger partial charge is 0.270 e. The molecule has 9 nitrogen and oxygen atoms in total. The number of nitrogens with one attached hydrogen (secondary N) is 2. The Morgan fingerprint density at radius 1 is 1.24 bits per heavy atom. The number of aliphatic hydroxyl groups is 1. The third kappa shape index (κ3) is 5.98. The van der Waals surface area contributed by atoms with E-state index in [-0.39, 0.29) is 24.3 Å². The SMILES string of the molecule is Cc1c(CCOc2c(C3=Cn4c(C(=O)NC5CCNCC5)cnc4CC3)ccc(F)c2F)c(C(O)C(C)(C)C)nn1C. The van der Waals surface area contributed by atoms with E-state index < -0.39 is 23.2 Å². The van der Waals surface area contributed by atoms with Gasteiger partial charge in [0.25, 0.3) is 5.91 Å². The number of hydrogen-bond donors (Lipinski definition) is 3.